The third-order valence-electron chi connectivity index (χ3n) is 5.82. The second-order valence-electron chi connectivity index (χ2n) is 7.16. The molecule has 1 unspecified atom stereocenters. The van der Waals surface area contributed by atoms with Crippen molar-refractivity contribution in [2.24, 2.45) is 5.92 Å². The monoisotopic (exact) mass is 364 g/mol. The van der Waals surface area contributed by atoms with Gasteiger partial charge in [-0.15, -0.1) is 0 Å². The van der Waals surface area contributed by atoms with E-state index in [1.54, 1.807) is 21.3 Å². The fourth-order valence-corrected chi connectivity index (χ4v) is 4.43. The van der Waals surface area contributed by atoms with Gasteiger partial charge in [0.25, 0.3) is 0 Å². The summed E-state index contributed by atoms with van der Waals surface area (Å²) in [5, 5.41) is 0. The number of rotatable bonds is 4. The average Bonchev–Trinajstić information content (AvgIpc) is 2.72. The lowest BCUT2D eigenvalue weighted by Crippen LogP contribution is -2.28. The van der Waals surface area contributed by atoms with Crippen molar-refractivity contribution in [2.75, 3.05) is 21.3 Å². The first-order valence-electron chi connectivity index (χ1n) is 9.28. The van der Waals surface area contributed by atoms with Gasteiger partial charge in [0.2, 0.25) is 0 Å². The average molecular weight is 364 g/mol. The van der Waals surface area contributed by atoms with E-state index in [1.165, 1.54) is 5.56 Å². The van der Waals surface area contributed by atoms with E-state index in [0.29, 0.717) is 17.4 Å². The number of ether oxygens (including phenoxy) is 3. The molecule has 4 nitrogen and oxygen atoms in total. The molecule has 0 fully saturated rings. The summed E-state index contributed by atoms with van der Waals surface area (Å²) < 4.78 is 16.3. The molecule has 2 aliphatic rings. The first kappa shape index (κ1) is 17.7. The van der Waals surface area contributed by atoms with Gasteiger partial charge >= 0.3 is 0 Å². The van der Waals surface area contributed by atoms with E-state index in [0.717, 1.165) is 41.7 Å². The number of Topliss-reactive ketones (excluding diaryl/α,β-unsaturated/α-hetero) is 1. The minimum atomic E-state index is 0.135. The molecule has 2 aliphatic carbocycles. The molecule has 2 aromatic rings. The molecule has 0 saturated heterocycles. The van der Waals surface area contributed by atoms with Crippen LogP contribution in [0.3, 0.4) is 0 Å². The minimum Gasteiger partial charge on any atom is -0.497 e. The van der Waals surface area contributed by atoms with Gasteiger partial charge in [0.15, 0.2) is 17.3 Å². The van der Waals surface area contributed by atoms with Crippen molar-refractivity contribution in [3.63, 3.8) is 0 Å². The van der Waals surface area contributed by atoms with Crippen molar-refractivity contribution in [1.82, 2.24) is 0 Å². The lowest BCUT2D eigenvalue weighted by atomic mass is 9.69. The third-order valence-corrected chi connectivity index (χ3v) is 5.82. The number of fused-ring (bicyclic) bond motifs is 2. The van der Waals surface area contributed by atoms with Crippen LogP contribution in [0.15, 0.2) is 48.0 Å². The van der Waals surface area contributed by atoms with Gasteiger partial charge in [-0.2, -0.15) is 0 Å². The lowest BCUT2D eigenvalue weighted by molar-refractivity contribution is 0.100. The fraction of sp³-hybridized carbons (Fsp3) is 0.348. The maximum atomic E-state index is 13.1. The summed E-state index contributed by atoms with van der Waals surface area (Å²) in [6.07, 6.45) is 4.81. The fourth-order valence-electron chi connectivity index (χ4n) is 4.43. The number of carbonyl (C=O) groups is 1. The van der Waals surface area contributed by atoms with Gasteiger partial charge in [-0.05, 0) is 66.5 Å². The molecule has 0 amide bonds. The summed E-state index contributed by atoms with van der Waals surface area (Å²) in [7, 11) is 4.94. The Morgan fingerprint density at radius 2 is 1.67 bits per heavy atom. The zero-order valence-corrected chi connectivity index (χ0v) is 16.0. The van der Waals surface area contributed by atoms with Crippen molar-refractivity contribution < 1.29 is 19.0 Å². The number of methoxy groups -OCH3 is 3. The SMILES string of the molecule is COc1ccc(C2CC=C3C(=O)c4ccc(OC)c(OC)c4C[C@@H]3C2)cc1. The highest BCUT2D eigenvalue weighted by Gasteiger charge is 2.36. The highest BCUT2D eigenvalue weighted by atomic mass is 16.5. The van der Waals surface area contributed by atoms with E-state index in [2.05, 4.69) is 18.2 Å². The van der Waals surface area contributed by atoms with Crippen LogP contribution in [0.4, 0.5) is 0 Å². The number of carbonyl (C=O) groups excluding carboxylic acids is 1. The van der Waals surface area contributed by atoms with E-state index in [-0.39, 0.29) is 11.7 Å². The molecular formula is C23H24O4. The molecule has 0 saturated carbocycles. The maximum Gasteiger partial charge on any atom is 0.189 e. The van der Waals surface area contributed by atoms with Gasteiger partial charge in [-0.3, -0.25) is 4.79 Å². The largest absolute Gasteiger partial charge is 0.497 e. The Morgan fingerprint density at radius 3 is 2.33 bits per heavy atom. The normalized spacial score (nSPS) is 21.0. The van der Waals surface area contributed by atoms with Gasteiger partial charge in [0.05, 0.1) is 21.3 Å². The zero-order valence-electron chi connectivity index (χ0n) is 16.0. The Bertz CT molecular complexity index is 895. The molecule has 4 heteroatoms. The minimum absolute atomic E-state index is 0.135. The number of ketones is 1. The van der Waals surface area contributed by atoms with Crippen LogP contribution in [0.2, 0.25) is 0 Å². The zero-order chi connectivity index (χ0) is 19.0. The summed E-state index contributed by atoms with van der Waals surface area (Å²) in [6.45, 7) is 0. The molecule has 2 atom stereocenters. The summed E-state index contributed by atoms with van der Waals surface area (Å²) in [6, 6.07) is 12.0. The van der Waals surface area contributed by atoms with E-state index < -0.39 is 0 Å². The van der Waals surface area contributed by atoms with Gasteiger partial charge in [0.1, 0.15) is 5.75 Å². The van der Waals surface area contributed by atoms with Crippen LogP contribution in [-0.4, -0.2) is 27.1 Å². The highest BCUT2D eigenvalue weighted by molar-refractivity contribution is 6.11. The van der Waals surface area contributed by atoms with Crippen LogP contribution in [0, 0.1) is 5.92 Å². The molecule has 0 spiro atoms. The Balaban J connectivity index is 1.66. The van der Waals surface area contributed by atoms with Gasteiger partial charge in [-0.25, -0.2) is 0 Å². The van der Waals surface area contributed by atoms with Crippen molar-refractivity contribution in [3.05, 3.63) is 64.7 Å². The molecule has 2 aromatic carbocycles. The molecule has 0 bridgehead atoms. The molecule has 0 heterocycles. The maximum absolute atomic E-state index is 13.1. The van der Waals surface area contributed by atoms with Crippen LogP contribution in [0.25, 0.3) is 0 Å². The number of hydrogen-bond donors (Lipinski definition) is 0. The standard InChI is InChI=1S/C23H24O4/c1-25-17-7-4-14(5-8-17)15-6-9-18-16(12-15)13-20-19(22(18)24)10-11-21(26-2)23(20)27-3/h4-5,7-11,15-16H,6,12-13H2,1-3H3/t15?,16-/m0/s1. The van der Waals surface area contributed by atoms with Crippen molar-refractivity contribution in [2.45, 2.75) is 25.2 Å². The molecule has 140 valence electrons. The number of allylic oxidation sites excluding steroid dienone is 2. The molecule has 0 N–H and O–H groups in total. The molecule has 0 aliphatic heterocycles. The quantitative estimate of drug-likeness (QED) is 0.797. The van der Waals surface area contributed by atoms with Crippen LogP contribution >= 0.6 is 0 Å². The van der Waals surface area contributed by atoms with Crippen LogP contribution in [-0.2, 0) is 6.42 Å². The predicted molar refractivity (Wildman–Crippen MR) is 104 cm³/mol. The smallest absolute Gasteiger partial charge is 0.189 e. The highest BCUT2D eigenvalue weighted by Crippen LogP contribution is 2.46. The summed E-state index contributed by atoms with van der Waals surface area (Å²) in [4.78, 5) is 13.1. The van der Waals surface area contributed by atoms with Gasteiger partial charge < -0.3 is 14.2 Å². The summed E-state index contributed by atoms with van der Waals surface area (Å²) >= 11 is 0. The Hall–Kier alpha value is -2.75. The number of benzene rings is 2. The second kappa shape index (κ2) is 7.10. The first-order chi connectivity index (χ1) is 13.2. The van der Waals surface area contributed by atoms with Gasteiger partial charge in [-0.1, -0.05) is 18.2 Å². The molecule has 4 rings (SSSR count). The van der Waals surface area contributed by atoms with Crippen LogP contribution in [0.5, 0.6) is 17.2 Å². The molecule has 0 radical (unpaired) electrons. The molecular weight excluding hydrogens is 340 g/mol. The van der Waals surface area contributed by atoms with Crippen molar-refractivity contribution >= 4 is 5.78 Å². The lowest BCUT2D eigenvalue weighted by Gasteiger charge is -2.34. The summed E-state index contributed by atoms with van der Waals surface area (Å²) in [5.74, 6) is 3.00. The van der Waals surface area contributed by atoms with E-state index >= 15 is 0 Å². The van der Waals surface area contributed by atoms with E-state index in [1.807, 2.05) is 24.3 Å². The first-order valence-corrected chi connectivity index (χ1v) is 9.28. The van der Waals surface area contributed by atoms with Crippen molar-refractivity contribution in [3.8, 4) is 17.2 Å². The topological polar surface area (TPSA) is 44.8 Å². The number of hydrogen-bond acceptors (Lipinski definition) is 4. The van der Waals surface area contributed by atoms with Crippen molar-refractivity contribution in [1.29, 1.82) is 0 Å². The Morgan fingerprint density at radius 1 is 0.889 bits per heavy atom. The molecule has 0 aromatic heterocycles. The Labute approximate surface area is 159 Å². The third kappa shape index (κ3) is 2.99. The second-order valence-corrected chi connectivity index (χ2v) is 7.16. The molecule has 27 heavy (non-hydrogen) atoms. The predicted octanol–water partition coefficient (Wildman–Crippen LogP) is 4.57. The van der Waals surface area contributed by atoms with Crippen LogP contribution < -0.4 is 14.2 Å². The van der Waals surface area contributed by atoms with Crippen LogP contribution in [0.1, 0.15) is 40.2 Å². The summed E-state index contributed by atoms with van der Waals surface area (Å²) in [5.41, 5.74) is 3.97. The Kier molecular flexibility index (Phi) is 4.65. The van der Waals surface area contributed by atoms with E-state index in [4.69, 9.17) is 14.2 Å². The van der Waals surface area contributed by atoms with Gasteiger partial charge in [0, 0.05) is 11.1 Å². The van der Waals surface area contributed by atoms with E-state index in [9.17, 15) is 4.79 Å².